The maximum Gasteiger partial charge on any atom is 0.151 e. The van der Waals surface area contributed by atoms with Crippen molar-refractivity contribution in [3.8, 4) is 11.8 Å². The average Bonchev–Trinajstić information content (AvgIpc) is 3.32. The minimum atomic E-state index is -0.104. The van der Waals surface area contributed by atoms with Gasteiger partial charge in [0, 0.05) is 11.8 Å². The molecule has 1 heterocycles. The Hall–Kier alpha value is -0.520. The molecule has 0 aromatic carbocycles. The third kappa shape index (κ3) is 3.52. The molecule has 2 nitrogen and oxygen atoms in total. The van der Waals surface area contributed by atoms with Crippen molar-refractivity contribution in [2.24, 2.45) is 22.7 Å². The lowest BCUT2D eigenvalue weighted by Gasteiger charge is -2.54. The van der Waals surface area contributed by atoms with Gasteiger partial charge in [-0.2, -0.15) is 0 Å². The van der Waals surface area contributed by atoms with Crippen molar-refractivity contribution >= 4 is 0 Å². The van der Waals surface area contributed by atoms with Crippen LogP contribution in [0.25, 0.3) is 0 Å². The molecule has 25 heavy (non-hydrogen) atoms. The van der Waals surface area contributed by atoms with Crippen LogP contribution < -0.4 is 0 Å². The Morgan fingerprint density at radius 3 is 2.40 bits per heavy atom. The van der Waals surface area contributed by atoms with Crippen LogP contribution >= 0.6 is 0 Å². The van der Waals surface area contributed by atoms with Crippen molar-refractivity contribution in [1.82, 2.24) is 0 Å². The third-order valence-electron chi connectivity index (χ3n) is 7.79. The molecule has 0 radical (unpaired) electrons. The van der Waals surface area contributed by atoms with E-state index < -0.39 is 0 Å². The van der Waals surface area contributed by atoms with Crippen molar-refractivity contribution in [1.29, 1.82) is 0 Å². The van der Waals surface area contributed by atoms with Crippen LogP contribution in [0.4, 0.5) is 0 Å². The predicted molar refractivity (Wildman–Crippen MR) is 105 cm³/mol. The predicted octanol–water partition coefficient (Wildman–Crippen LogP) is 5.58. The number of hydrogen-bond donors (Lipinski definition) is 1. The monoisotopic (exact) mass is 348 g/mol. The Kier molecular flexibility index (Phi) is 6.66. The van der Waals surface area contributed by atoms with Crippen LogP contribution in [-0.2, 0) is 4.74 Å². The standard InChI is InChI=1S/C21H34O2.C2H6/c1-5-20(15-23-20)13-7-9-16(3)17-11-14-21(6-2)18(22)10-8-12-19(17,21)4;1-2/h16-18,22H,5-6,8-12,14-15H2,1-4H3;1-2H3/t16-,17-,18?,19-,20?,21?;/m1./s1. The summed E-state index contributed by atoms with van der Waals surface area (Å²) in [5.74, 6) is 8.11. The number of aliphatic hydroxyl groups excluding tert-OH is 1. The first-order valence-corrected chi connectivity index (χ1v) is 10.7. The maximum atomic E-state index is 10.8. The molecule has 0 aromatic rings. The fourth-order valence-corrected chi connectivity index (χ4v) is 6.00. The molecule has 0 spiro atoms. The van der Waals surface area contributed by atoms with E-state index in [1.807, 2.05) is 13.8 Å². The number of rotatable bonds is 4. The highest BCUT2D eigenvalue weighted by Gasteiger charge is 2.61. The second-order valence-corrected chi connectivity index (χ2v) is 8.60. The van der Waals surface area contributed by atoms with Gasteiger partial charge < -0.3 is 9.84 Å². The van der Waals surface area contributed by atoms with Gasteiger partial charge in [-0.05, 0) is 55.8 Å². The van der Waals surface area contributed by atoms with Gasteiger partial charge in [0.1, 0.15) is 0 Å². The van der Waals surface area contributed by atoms with E-state index in [0.29, 0.717) is 17.3 Å². The summed E-state index contributed by atoms with van der Waals surface area (Å²) in [6.07, 6.45) is 8.92. The number of fused-ring (bicyclic) bond motifs is 1. The summed E-state index contributed by atoms with van der Waals surface area (Å²) in [7, 11) is 0. The van der Waals surface area contributed by atoms with Gasteiger partial charge in [0.25, 0.3) is 0 Å². The van der Waals surface area contributed by atoms with Crippen molar-refractivity contribution in [3.05, 3.63) is 0 Å². The number of aliphatic hydroxyl groups is 1. The fourth-order valence-electron chi connectivity index (χ4n) is 6.00. The molecule has 2 aliphatic carbocycles. The van der Waals surface area contributed by atoms with Crippen molar-refractivity contribution in [2.75, 3.05) is 6.61 Å². The molecular formula is C23H40O2. The van der Waals surface area contributed by atoms with E-state index in [4.69, 9.17) is 4.74 Å². The zero-order chi connectivity index (χ0) is 18.7. The van der Waals surface area contributed by atoms with Crippen molar-refractivity contribution in [2.45, 2.75) is 105 Å². The fraction of sp³-hybridized carbons (Fsp3) is 0.913. The van der Waals surface area contributed by atoms with Crippen molar-refractivity contribution < 1.29 is 9.84 Å². The van der Waals surface area contributed by atoms with Crippen LogP contribution in [0.3, 0.4) is 0 Å². The summed E-state index contributed by atoms with van der Waals surface area (Å²) >= 11 is 0. The van der Waals surface area contributed by atoms with E-state index in [-0.39, 0.29) is 17.1 Å². The Morgan fingerprint density at radius 1 is 1.16 bits per heavy atom. The quantitative estimate of drug-likeness (QED) is 0.531. The number of epoxide rings is 1. The first-order chi connectivity index (χ1) is 11.9. The minimum absolute atomic E-state index is 0.0993. The Balaban J connectivity index is 0.00000109. The minimum Gasteiger partial charge on any atom is -0.393 e. The van der Waals surface area contributed by atoms with Gasteiger partial charge in [-0.3, -0.25) is 0 Å². The molecule has 2 heteroatoms. The molecule has 2 saturated carbocycles. The Bertz CT molecular complexity index is 498. The molecular weight excluding hydrogens is 308 g/mol. The zero-order valence-corrected chi connectivity index (χ0v) is 17.5. The SMILES string of the molecule is CC.CCC1(C#CC[C@@H](C)[C@H]2CCC3(CC)C(O)CCC[C@]23C)CO1. The second-order valence-electron chi connectivity index (χ2n) is 8.60. The highest BCUT2D eigenvalue weighted by Crippen LogP contribution is 2.66. The van der Waals surface area contributed by atoms with Gasteiger partial charge in [-0.1, -0.05) is 59.8 Å². The van der Waals surface area contributed by atoms with E-state index in [1.54, 1.807) is 0 Å². The maximum absolute atomic E-state index is 10.8. The summed E-state index contributed by atoms with van der Waals surface area (Å²) in [5, 5.41) is 10.8. The largest absolute Gasteiger partial charge is 0.393 e. The molecule has 144 valence electrons. The lowest BCUT2D eigenvalue weighted by atomic mass is 9.52. The average molecular weight is 349 g/mol. The lowest BCUT2D eigenvalue weighted by molar-refractivity contribution is -0.110. The smallest absolute Gasteiger partial charge is 0.151 e. The molecule has 6 atom stereocenters. The molecule has 3 fully saturated rings. The summed E-state index contributed by atoms with van der Waals surface area (Å²) in [5.41, 5.74) is 0.342. The van der Waals surface area contributed by atoms with Gasteiger partial charge in [0.15, 0.2) is 5.60 Å². The Labute approximate surface area is 156 Å². The summed E-state index contributed by atoms with van der Waals surface area (Å²) < 4.78 is 5.50. The van der Waals surface area contributed by atoms with E-state index >= 15 is 0 Å². The molecule has 1 N–H and O–H groups in total. The number of hydrogen-bond acceptors (Lipinski definition) is 2. The molecule has 1 saturated heterocycles. The topological polar surface area (TPSA) is 32.8 Å². The van der Waals surface area contributed by atoms with Gasteiger partial charge in [-0.15, -0.1) is 0 Å². The lowest BCUT2D eigenvalue weighted by Crippen LogP contribution is -2.50. The molecule has 0 amide bonds. The number of ether oxygens (including phenoxy) is 1. The first kappa shape index (κ1) is 20.8. The first-order valence-electron chi connectivity index (χ1n) is 10.7. The van der Waals surface area contributed by atoms with Gasteiger partial charge >= 0.3 is 0 Å². The van der Waals surface area contributed by atoms with Crippen LogP contribution in [0.2, 0.25) is 0 Å². The molecule has 3 unspecified atom stereocenters. The van der Waals surface area contributed by atoms with Crippen molar-refractivity contribution in [3.63, 3.8) is 0 Å². The van der Waals surface area contributed by atoms with E-state index in [9.17, 15) is 5.11 Å². The molecule has 0 bridgehead atoms. The molecule has 1 aliphatic heterocycles. The molecule has 3 aliphatic rings. The normalized spacial score (nSPS) is 43.2. The summed E-state index contributed by atoms with van der Waals surface area (Å²) in [4.78, 5) is 0. The van der Waals surface area contributed by atoms with Crippen LogP contribution in [-0.4, -0.2) is 23.4 Å². The summed E-state index contributed by atoms with van der Waals surface area (Å²) in [6, 6.07) is 0. The Morgan fingerprint density at radius 2 is 1.84 bits per heavy atom. The highest BCUT2D eigenvalue weighted by atomic mass is 16.6. The van der Waals surface area contributed by atoms with E-state index in [1.165, 1.54) is 25.7 Å². The molecule has 3 rings (SSSR count). The van der Waals surface area contributed by atoms with Gasteiger partial charge in [0.05, 0.1) is 12.7 Å². The summed E-state index contributed by atoms with van der Waals surface area (Å²) in [6.45, 7) is 14.1. The van der Waals surface area contributed by atoms with Gasteiger partial charge in [-0.25, -0.2) is 0 Å². The van der Waals surface area contributed by atoms with Crippen LogP contribution in [0, 0.1) is 34.5 Å². The third-order valence-corrected chi connectivity index (χ3v) is 7.79. The van der Waals surface area contributed by atoms with Crippen LogP contribution in [0.5, 0.6) is 0 Å². The van der Waals surface area contributed by atoms with Crippen LogP contribution in [0.15, 0.2) is 0 Å². The van der Waals surface area contributed by atoms with E-state index in [2.05, 4.69) is 39.5 Å². The van der Waals surface area contributed by atoms with Crippen LogP contribution in [0.1, 0.15) is 92.9 Å². The molecule has 0 aromatic heterocycles. The highest BCUT2D eigenvalue weighted by molar-refractivity contribution is 5.21. The second kappa shape index (κ2) is 8.01. The van der Waals surface area contributed by atoms with E-state index in [0.717, 1.165) is 32.3 Å². The zero-order valence-electron chi connectivity index (χ0n) is 17.5. The van der Waals surface area contributed by atoms with Gasteiger partial charge in [0.2, 0.25) is 0 Å².